The average molecular weight is 467 g/mol. The molecule has 0 aromatic heterocycles. The molecule has 0 saturated carbocycles. The number of benzene rings is 2. The number of carbonyl (C=O) groups excluding carboxylic acids is 2. The van der Waals surface area contributed by atoms with Gasteiger partial charge in [0.1, 0.15) is 17.2 Å². The zero-order chi connectivity index (χ0) is 24.5. The third-order valence-electron chi connectivity index (χ3n) is 5.18. The van der Waals surface area contributed by atoms with Crippen molar-refractivity contribution >= 4 is 23.1 Å². The largest absolute Gasteiger partial charge is 0.494 e. The molecule has 7 heteroatoms. The minimum atomic E-state index is -0.349. The quantitative estimate of drug-likeness (QED) is 0.335. The molecule has 2 aromatic carbocycles. The standard InChI is InChI=1S/C27H34N2O5/c1-5-16-34-22-13-11-20(12-14-22)24-25(28-21-9-7-10-23(18-21)32-6-2)27(31)29(26(24)30)15-8-17-33-19(3)4/h7,9-14,18-19,28H,5-6,8,15-17H2,1-4H3. The van der Waals surface area contributed by atoms with Crippen LogP contribution in [0, 0.1) is 0 Å². The molecule has 0 saturated heterocycles. The van der Waals surface area contributed by atoms with Crippen LogP contribution in [0.15, 0.2) is 54.2 Å². The molecule has 0 atom stereocenters. The molecule has 1 aliphatic heterocycles. The lowest BCUT2D eigenvalue weighted by atomic mass is 10.0. The van der Waals surface area contributed by atoms with Crippen LogP contribution in [0.3, 0.4) is 0 Å². The monoisotopic (exact) mass is 466 g/mol. The van der Waals surface area contributed by atoms with E-state index >= 15 is 0 Å². The van der Waals surface area contributed by atoms with E-state index in [2.05, 4.69) is 5.32 Å². The van der Waals surface area contributed by atoms with Crippen LogP contribution in [0.4, 0.5) is 5.69 Å². The molecular formula is C27H34N2O5. The number of rotatable bonds is 13. The maximum absolute atomic E-state index is 13.4. The molecular weight excluding hydrogens is 432 g/mol. The Bertz CT molecular complexity index is 1010. The molecule has 0 unspecified atom stereocenters. The van der Waals surface area contributed by atoms with Gasteiger partial charge in [0.2, 0.25) is 0 Å². The molecule has 0 bridgehead atoms. The Hall–Kier alpha value is -3.32. The van der Waals surface area contributed by atoms with Crippen LogP contribution in [0.1, 0.15) is 46.1 Å². The fraction of sp³-hybridized carbons (Fsp3) is 0.407. The predicted octanol–water partition coefficient (Wildman–Crippen LogP) is 4.88. The second-order valence-corrected chi connectivity index (χ2v) is 8.24. The molecule has 34 heavy (non-hydrogen) atoms. The van der Waals surface area contributed by atoms with Crippen molar-refractivity contribution in [3.8, 4) is 11.5 Å². The van der Waals surface area contributed by atoms with Gasteiger partial charge >= 0.3 is 0 Å². The SMILES string of the molecule is CCCOc1ccc(C2=C(Nc3cccc(OCC)c3)C(=O)N(CCCOC(C)C)C2=O)cc1. The topological polar surface area (TPSA) is 77.1 Å². The van der Waals surface area contributed by atoms with Crippen molar-refractivity contribution in [1.29, 1.82) is 0 Å². The molecule has 0 aliphatic carbocycles. The second kappa shape index (κ2) is 12.2. The fourth-order valence-corrected chi connectivity index (χ4v) is 3.62. The van der Waals surface area contributed by atoms with Gasteiger partial charge in [-0.05, 0) is 63.4 Å². The summed E-state index contributed by atoms with van der Waals surface area (Å²) in [6, 6.07) is 14.6. The lowest BCUT2D eigenvalue weighted by molar-refractivity contribution is -0.137. The van der Waals surface area contributed by atoms with E-state index in [9.17, 15) is 9.59 Å². The predicted molar refractivity (Wildman–Crippen MR) is 133 cm³/mol. The molecule has 2 amide bonds. The van der Waals surface area contributed by atoms with Crippen molar-refractivity contribution in [2.45, 2.75) is 46.6 Å². The van der Waals surface area contributed by atoms with Gasteiger partial charge in [-0.15, -0.1) is 0 Å². The van der Waals surface area contributed by atoms with Crippen LogP contribution in [0.2, 0.25) is 0 Å². The maximum Gasteiger partial charge on any atom is 0.278 e. The number of amides is 2. The average Bonchev–Trinajstić information content (AvgIpc) is 3.05. The van der Waals surface area contributed by atoms with Crippen molar-refractivity contribution in [1.82, 2.24) is 4.90 Å². The number of hydrogen-bond donors (Lipinski definition) is 1. The van der Waals surface area contributed by atoms with Crippen molar-refractivity contribution in [3.63, 3.8) is 0 Å². The first-order valence-electron chi connectivity index (χ1n) is 11.9. The third-order valence-corrected chi connectivity index (χ3v) is 5.18. The van der Waals surface area contributed by atoms with Gasteiger partial charge in [-0.25, -0.2) is 0 Å². The fourth-order valence-electron chi connectivity index (χ4n) is 3.62. The highest BCUT2D eigenvalue weighted by Crippen LogP contribution is 2.32. The molecule has 3 rings (SSSR count). The number of nitrogens with zero attached hydrogens (tertiary/aromatic N) is 1. The smallest absolute Gasteiger partial charge is 0.278 e. The van der Waals surface area contributed by atoms with Gasteiger partial charge in [-0.3, -0.25) is 14.5 Å². The van der Waals surface area contributed by atoms with E-state index in [-0.39, 0.29) is 30.2 Å². The number of nitrogens with one attached hydrogen (secondary N) is 1. The summed E-state index contributed by atoms with van der Waals surface area (Å²) < 4.78 is 16.8. The van der Waals surface area contributed by atoms with E-state index < -0.39 is 0 Å². The Labute approximate surface area is 201 Å². The molecule has 0 spiro atoms. The Balaban J connectivity index is 1.89. The van der Waals surface area contributed by atoms with Gasteiger partial charge in [0, 0.05) is 24.9 Å². The normalized spacial score (nSPS) is 13.7. The summed E-state index contributed by atoms with van der Waals surface area (Å²) in [6.07, 6.45) is 1.58. The lowest BCUT2D eigenvalue weighted by Crippen LogP contribution is -2.34. The van der Waals surface area contributed by atoms with Gasteiger partial charge in [0.15, 0.2) is 0 Å². The number of hydrogen-bond acceptors (Lipinski definition) is 6. The van der Waals surface area contributed by atoms with Crippen molar-refractivity contribution in [2.75, 3.05) is 31.7 Å². The first-order valence-corrected chi connectivity index (χ1v) is 11.9. The van der Waals surface area contributed by atoms with Gasteiger partial charge in [-0.2, -0.15) is 0 Å². The Morgan fingerprint density at radius 1 is 0.912 bits per heavy atom. The van der Waals surface area contributed by atoms with E-state index in [0.29, 0.717) is 48.8 Å². The Kier molecular flexibility index (Phi) is 9.10. The highest BCUT2D eigenvalue weighted by molar-refractivity contribution is 6.36. The van der Waals surface area contributed by atoms with Crippen LogP contribution >= 0.6 is 0 Å². The summed E-state index contributed by atoms with van der Waals surface area (Å²) in [5.74, 6) is 0.744. The van der Waals surface area contributed by atoms with E-state index in [4.69, 9.17) is 14.2 Å². The molecule has 0 radical (unpaired) electrons. The second-order valence-electron chi connectivity index (χ2n) is 8.24. The van der Waals surface area contributed by atoms with Crippen LogP contribution in [-0.2, 0) is 14.3 Å². The first kappa shape index (κ1) is 25.3. The molecule has 1 N–H and O–H groups in total. The van der Waals surface area contributed by atoms with E-state index in [1.54, 1.807) is 0 Å². The number of ether oxygens (including phenoxy) is 3. The third kappa shape index (κ3) is 6.38. The zero-order valence-electron chi connectivity index (χ0n) is 20.4. The molecule has 7 nitrogen and oxygen atoms in total. The summed E-state index contributed by atoms with van der Waals surface area (Å²) in [6.45, 7) is 9.79. The van der Waals surface area contributed by atoms with Crippen molar-refractivity contribution in [3.05, 3.63) is 59.8 Å². The highest BCUT2D eigenvalue weighted by atomic mass is 16.5. The highest BCUT2D eigenvalue weighted by Gasteiger charge is 2.38. The van der Waals surface area contributed by atoms with E-state index in [1.165, 1.54) is 4.90 Å². The van der Waals surface area contributed by atoms with Crippen LogP contribution < -0.4 is 14.8 Å². The lowest BCUT2D eigenvalue weighted by Gasteiger charge is -2.16. The van der Waals surface area contributed by atoms with Crippen molar-refractivity contribution < 1.29 is 23.8 Å². The Morgan fingerprint density at radius 3 is 2.35 bits per heavy atom. The van der Waals surface area contributed by atoms with Gasteiger partial charge in [0.05, 0.1) is 24.9 Å². The van der Waals surface area contributed by atoms with Gasteiger partial charge in [0.25, 0.3) is 11.8 Å². The number of carbonyl (C=O) groups is 2. The summed E-state index contributed by atoms with van der Waals surface area (Å²) >= 11 is 0. The van der Waals surface area contributed by atoms with E-state index in [1.807, 2.05) is 76.2 Å². The van der Waals surface area contributed by atoms with E-state index in [0.717, 1.165) is 12.2 Å². The minimum absolute atomic E-state index is 0.0990. The Morgan fingerprint density at radius 2 is 1.68 bits per heavy atom. The number of anilines is 1. The summed E-state index contributed by atoms with van der Waals surface area (Å²) in [5.41, 5.74) is 1.93. The molecule has 182 valence electrons. The van der Waals surface area contributed by atoms with Gasteiger partial charge < -0.3 is 19.5 Å². The van der Waals surface area contributed by atoms with Crippen molar-refractivity contribution in [2.24, 2.45) is 0 Å². The van der Waals surface area contributed by atoms with Crippen LogP contribution in [-0.4, -0.2) is 49.2 Å². The summed E-state index contributed by atoms with van der Waals surface area (Å²) in [4.78, 5) is 28.0. The number of imide groups is 1. The molecule has 0 fully saturated rings. The molecule has 1 heterocycles. The molecule has 1 aliphatic rings. The van der Waals surface area contributed by atoms with Crippen LogP contribution in [0.5, 0.6) is 11.5 Å². The molecule has 2 aromatic rings. The summed E-state index contributed by atoms with van der Waals surface area (Å²) in [7, 11) is 0. The van der Waals surface area contributed by atoms with Gasteiger partial charge in [-0.1, -0.05) is 25.1 Å². The zero-order valence-corrected chi connectivity index (χ0v) is 20.4. The maximum atomic E-state index is 13.4. The first-order chi connectivity index (χ1) is 16.4. The van der Waals surface area contributed by atoms with Crippen LogP contribution in [0.25, 0.3) is 5.57 Å². The minimum Gasteiger partial charge on any atom is -0.494 e. The summed E-state index contributed by atoms with van der Waals surface area (Å²) in [5, 5.41) is 3.18.